The van der Waals surface area contributed by atoms with Crippen LogP contribution in [-0.4, -0.2) is 28.7 Å². The van der Waals surface area contributed by atoms with E-state index in [9.17, 15) is 0 Å². The van der Waals surface area contributed by atoms with Crippen molar-refractivity contribution in [2.75, 3.05) is 4.90 Å². The number of aromatic nitrogens is 6. The van der Waals surface area contributed by atoms with Crippen LogP contribution < -0.4 is 4.90 Å². The average molecular weight is 1140 g/mol. The predicted octanol–water partition coefficient (Wildman–Crippen LogP) is 21.3. The molecule has 0 saturated heterocycles. The maximum absolute atomic E-state index is 5.06. The molecule has 0 N–H and O–H groups in total. The quantitative estimate of drug-likeness (QED) is 0.145. The van der Waals surface area contributed by atoms with E-state index in [2.05, 4.69) is 292 Å². The lowest BCUT2D eigenvalue weighted by Crippen LogP contribution is -2.10. The Kier molecular flexibility index (Phi) is 10.8. The van der Waals surface area contributed by atoms with Gasteiger partial charge in [-0.1, -0.05) is 127 Å². The van der Waals surface area contributed by atoms with Crippen LogP contribution in [-0.2, 0) is 0 Å². The predicted molar refractivity (Wildman–Crippen MR) is 360 cm³/mol. The molecule has 0 fully saturated rings. The Bertz CT molecular complexity index is 5070. The number of nitrogens with zero attached hydrogens (tertiary/aromatic N) is 7. The maximum atomic E-state index is 5.06. The molecule has 10 heteroatoms. The Morgan fingerprint density at radius 2 is 0.541 bits per heavy atom. The van der Waals surface area contributed by atoms with Gasteiger partial charge in [0, 0.05) is 83.1 Å². The van der Waals surface area contributed by atoms with Gasteiger partial charge in [-0.3, -0.25) is 0 Å². The minimum Gasteiger partial charge on any atom is -0.310 e. The van der Waals surface area contributed by atoms with E-state index >= 15 is 0 Å². The van der Waals surface area contributed by atoms with Crippen molar-refractivity contribution in [1.82, 2.24) is 28.7 Å². The number of hydrogen-bond acceptors (Lipinski definition) is 7. The van der Waals surface area contributed by atoms with Crippen molar-refractivity contribution in [2.45, 2.75) is 0 Å². The smallest absolute Gasteiger partial charge is 0.124 e. The van der Waals surface area contributed by atoms with E-state index < -0.39 is 0 Å². The van der Waals surface area contributed by atoms with Crippen molar-refractivity contribution in [3.8, 4) is 48.8 Å². The molecule has 0 aliphatic heterocycles. The minimum atomic E-state index is 1.01. The van der Waals surface area contributed by atoms with Crippen molar-refractivity contribution in [3.63, 3.8) is 0 Å². The lowest BCUT2D eigenvalue weighted by atomic mass is 10.1. The number of benzene rings is 12. The van der Waals surface area contributed by atoms with E-state index in [0.29, 0.717) is 0 Å². The molecule has 0 spiro atoms. The molecule has 0 aliphatic rings. The first-order valence-electron chi connectivity index (χ1n) is 28.4. The molecule has 0 bridgehead atoms. The van der Waals surface area contributed by atoms with E-state index in [1.807, 2.05) is 0 Å². The zero-order valence-corrected chi connectivity index (χ0v) is 47.8. The van der Waals surface area contributed by atoms with Crippen LogP contribution >= 0.6 is 34.0 Å². The molecule has 0 atom stereocenters. The third-order valence-electron chi connectivity index (χ3n) is 16.7. The molecule has 0 amide bonds. The second kappa shape index (κ2) is 19.0. The fourth-order valence-electron chi connectivity index (χ4n) is 12.9. The number of hydrogen-bond donors (Lipinski definition) is 0. The minimum absolute atomic E-state index is 1.01. The molecule has 12 aromatic carbocycles. The van der Waals surface area contributed by atoms with Crippen LogP contribution in [0, 0.1) is 0 Å². The molecule has 18 aromatic rings. The van der Waals surface area contributed by atoms with Gasteiger partial charge in [0.15, 0.2) is 0 Å². The fraction of sp³-hybridized carbons (Fsp3) is 0. The SMILES string of the molecule is c1cc(-c2nc3ccccc3s2)cc(-n2c3ccccc3c3cc(N(c4ccc5c(c4)c4ccccc4n5-c4cccc(-c5nc6ccccc6s5)c4)c4ccc5c(c4)c4ccccc4n5-c4cccc(-c5nc6ccccc6s5)c4)ccc32)c1. The fourth-order valence-corrected chi connectivity index (χ4v) is 15.8. The third kappa shape index (κ3) is 7.73. The first kappa shape index (κ1) is 48.1. The summed E-state index contributed by atoms with van der Waals surface area (Å²) in [6, 6.07) is 99.2. The number of anilines is 3. The normalized spacial score (nSPS) is 12.0. The summed E-state index contributed by atoms with van der Waals surface area (Å²) in [6.45, 7) is 0. The maximum Gasteiger partial charge on any atom is 0.124 e. The first-order chi connectivity index (χ1) is 42.1. The molecule has 0 radical (unpaired) electrons. The van der Waals surface area contributed by atoms with Gasteiger partial charge in [0.05, 0.1) is 63.8 Å². The van der Waals surface area contributed by atoms with Crippen molar-refractivity contribution >= 4 is 147 Å². The highest BCUT2D eigenvalue weighted by molar-refractivity contribution is 7.22. The summed E-state index contributed by atoms with van der Waals surface area (Å²) in [5, 5.41) is 10.1. The van der Waals surface area contributed by atoms with Gasteiger partial charge < -0.3 is 18.6 Å². The number of thiazole rings is 3. The molecule has 0 saturated carbocycles. The molecular weight excluding hydrogens is 1100 g/mol. The number of fused-ring (bicyclic) bond motifs is 12. The van der Waals surface area contributed by atoms with E-state index in [1.54, 1.807) is 34.0 Å². The summed E-state index contributed by atoms with van der Waals surface area (Å²) in [5.41, 5.74) is 19.6. The van der Waals surface area contributed by atoms with Crippen molar-refractivity contribution in [1.29, 1.82) is 0 Å². The highest BCUT2D eigenvalue weighted by atomic mass is 32.1. The van der Waals surface area contributed by atoms with Gasteiger partial charge in [0.1, 0.15) is 15.0 Å². The summed E-state index contributed by atoms with van der Waals surface area (Å²) in [4.78, 5) is 17.6. The molecule has 0 aliphatic carbocycles. The van der Waals surface area contributed by atoms with E-state index in [-0.39, 0.29) is 0 Å². The lowest BCUT2D eigenvalue weighted by Gasteiger charge is -2.26. The number of rotatable bonds is 9. The molecular formula is C75H45N7S3. The van der Waals surface area contributed by atoms with Crippen molar-refractivity contribution in [2.24, 2.45) is 0 Å². The molecule has 6 aromatic heterocycles. The van der Waals surface area contributed by atoms with Crippen LogP contribution in [0.2, 0.25) is 0 Å². The van der Waals surface area contributed by atoms with Crippen LogP contribution in [0.1, 0.15) is 0 Å². The zero-order chi connectivity index (χ0) is 55.7. The molecule has 85 heavy (non-hydrogen) atoms. The van der Waals surface area contributed by atoms with Crippen molar-refractivity contribution in [3.05, 3.63) is 273 Å². The molecule has 6 heterocycles. The van der Waals surface area contributed by atoms with E-state index in [4.69, 9.17) is 15.0 Å². The van der Waals surface area contributed by atoms with Crippen LogP contribution in [0.25, 0.3) is 145 Å². The van der Waals surface area contributed by atoms with E-state index in [1.165, 1.54) is 46.4 Å². The summed E-state index contributed by atoms with van der Waals surface area (Å²) < 4.78 is 10.8. The summed E-state index contributed by atoms with van der Waals surface area (Å²) in [6.07, 6.45) is 0. The Labute approximate surface area is 499 Å². The highest BCUT2D eigenvalue weighted by Crippen LogP contribution is 2.46. The molecule has 18 rings (SSSR count). The second-order valence-corrected chi connectivity index (χ2v) is 24.7. The van der Waals surface area contributed by atoms with Gasteiger partial charge >= 0.3 is 0 Å². The van der Waals surface area contributed by atoms with E-state index in [0.717, 1.165) is 115 Å². The number of para-hydroxylation sites is 6. The average Bonchev–Trinajstić information content (AvgIpc) is 3.45. The highest BCUT2D eigenvalue weighted by Gasteiger charge is 2.23. The van der Waals surface area contributed by atoms with Gasteiger partial charge in [-0.15, -0.1) is 34.0 Å². The van der Waals surface area contributed by atoms with Crippen LogP contribution in [0.15, 0.2) is 273 Å². The van der Waals surface area contributed by atoms with Crippen LogP contribution in [0.3, 0.4) is 0 Å². The summed E-state index contributed by atoms with van der Waals surface area (Å²) >= 11 is 5.20. The van der Waals surface area contributed by atoms with Crippen LogP contribution in [0.4, 0.5) is 17.1 Å². The van der Waals surface area contributed by atoms with Gasteiger partial charge in [-0.2, -0.15) is 0 Å². The summed E-state index contributed by atoms with van der Waals surface area (Å²) in [5.74, 6) is 0. The first-order valence-corrected chi connectivity index (χ1v) is 30.8. The standard InChI is InChI=1S/C75H45N7S3/c1-7-28-64-55(22-1)58-43-52(34-37-67(58)80(64)49-19-13-16-46(40-49)73-76-61-25-4-10-31-70(61)83-73)79(53-35-38-68-59(44-53)56-23-2-8-29-65(56)81(68)50-20-14-17-47(41-50)74-77-62-26-5-11-32-71(62)84-74)54-36-39-69-60(45-54)57-24-3-9-30-66(57)82(69)51-21-15-18-48(42-51)75-78-63-27-6-12-33-72(63)85-75/h1-45H. The van der Waals surface area contributed by atoms with Crippen LogP contribution in [0.5, 0.6) is 0 Å². The Morgan fingerprint density at radius 1 is 0.247 bits per heavy atom. The second-order valence-electron chi connectivity index (χ2n) is 21.6. The molecule has 0 unspecified atom stereocenters. The monoisotopic (exact) mass is 1140 g/mol. The van der Waals surface area contributed by atoms with Crippen molar-refractivity contribution < 1.29 is 0 Å². The molecule has 398 valence electrons. The molecule has 7 nitrogen and oxygen atoms in total. The van der Waals surface area contributed by atoms with Gasteiger partial charge in [-0.25, -0.2) is 15.0 Å². The van der Waals surface area contributed by atoms with Gasteiger partial charge in [-0.05, 0) is 146 Å². The third-order valence-corrected chi connectivity index (χ3v) is 19.9. The Morgan fingerprint density at radius 3 is 0.871 bits per heavy atom. The van der Waals surface area contributed by atoms with Gasteiger partial charge in [0.25, 0.3) is 0 Å². The Balaban J connectivity index is 0.826. The zero-order valence-electron chi connectivity index (χ0n) is 45.3. The van der Waals surface area contributed by atoms with Gasteiger partial charge in [0.2, 0.25) is 0 Å². The topological polar surface area (TPSA) is 56.7 Å². The lowest BCUT2D eigenvalue weighted by molar-refractivity contribution is 1.18. The summed E-state index contributed by atoms with van der Waals surface area (Å²) in [7, 11) is 0. The largest absolute Gasteiger partial charge is 0.310 e. The Hall–Kier alpha value is -10.5.